The molecule has 0 spiro atoms. The summed E-state index contributed by atoms with van der Waals surface area (Å²) in [6, 6.07) is 6.76. The van der Waals surface area contributed by atoms with Crippen molar-refractivity contribution in [2.24, 2.45) is 0 Å². The Balaban J connectivity index is 1.72. The van der Waals surface area contributed by atoms with E-state index in [2.05, 4.69) is 10.6 Å². The highest BCUT2D eigenvalue weighted by Gasteiger charge is 2.31. The SMILES string of the molecule is CCOCC(=O)NCc1ccc(C(=O)Nc2ccc(Cl)cc2N2CCN(CCC(F)(F)F)C[C@H]2C)c(F)c1F. The topological polar surface area (TPSA) is 73.9 Å². The molecule has 1 heterocycles. The number of halogens is 6. The maximum absolute atomic E-state index is 14.8. The zero-order chi connectivity index (χ0) is 28.7. The standard InChI is InChI=1S/C26H30ClF5N4O3/c1-3-39-15-22(37)33-13-17-4-6-19(24(29)23(17)28)25(38)34-20-7-5-18(27)12-21(20)36-11-10-35(14-16(36)2)9-8-26(30,31)32/h4-7,12,16H,3,8-11,13-15H2,1-2H3,(H,33,37)(H,34,38)/t16-/m1/s1. The summed E-state index contributed by atoms with van der Waals surface area (Å²) in [5.74, 6) is -4.03. The van der Waals surface area contributed by atoms with E-state index < -0.39 is 41.6 Å². The first-order chi connectivity index (χ1) is 18.4. The molecule has 1 fully saturated rings. The van der Waals surface area contributed by atoms with Gasteiger partial charge in [0.1, 0.15) is 6.61 Å². The number of anilines is 2. The van der Waals surface area contributed by atoms with Gasteiger partial charge in [0.15, 0.2) is 11.6 Å². The zero-order valence-corrected chi connectivity index (χ0v) is 22.3. The van der Waals surface area contributed by atoms with E-state index in [1.54, 1.807) is 17.9 Å². The molecule has 1 saturated heterocycles. The van der Waals surface area contributed by atoms with Gasteiger partial charge in [-0.15, -0.1) is 0 Å². The summed E-state index contributed by atoms with van der Waals surface area (Å²) >= 11 is 6.19. The fraction of sp³-hybridized carbons (Fsp3) is 0.462. The summed E-state index contributed by atoms with van der Waals surface area (Å²) in [6.07, 6.45) is -5.14. The molecule has 0 saturated carbocycles. The molecule has 0 bridgehead atoms. The molecule has 214 valence electrons. The van der Waals surface area contributed by atoms with Crippen LogP contribution in [0.2, 0.25) is 5.02 Å². The summed E-state index contributed by atoms with van der Waals surface area (Å²) in [5.41, 5.74) is 0.113. The van der Waals surface area contributed by atoms with Crippen LogP contribution in [0.15, 0.2) is 30.3 Å². The number of ether oxygens (including phenoxy) is 1. The minimum atomic E-state index is -4.24. The fourth-order valence-electron chi connectivity index (χ4n) is 4.26. The van der Waals surface area contributed by atoms with Crippen LogP contribution in [-0.4, -0.2) is 68.3 Å². The van der Waals surface area contributed by atoms with E-state index in [1.807, 2.05) is 11.8 Å². The lowest BCUT2D eigenvalue weighted by Gasteiger charge is -2.42. The molecule has 1 aliphatic rings. The molecule has 2 aromatic rings. The number of nitrogens with zero attached hydrogens (tertiary/aromatic N) is 2. The number of rotatable bonds is 10. The Morgan fingerprint density at radius 1 is 1.13 bits per heavy atom. The van der Waals surface area contributed by atoms with E-state index in [9.17, 15) is 31.5 Å². The van der Waals surface area contributed by atoms with Crippen LogP contribution in [0, 0.1) is 11.6 Å². The first-order valence-electron chi connectivity index (χ1n) is 12.4. The highest BCUT2D eigenvalue weighted by atomic mass is 35.5. The van der Waals surface area contributed by atoms with E-state index in [1.165, 1.54) is 18.2 Å². The van der Waals surface area contributed by atoms with Gasteiger partial charge in [0.25, 0.3) is 5.91 Å². The summed E-state index contributed by atoms with van der Waals surface area (Å²) < 4.78 is 72.4. The third kappa shape index (κ3) is 8.51. The number of hydrogen-bond donors (Lipinski definition) is 2. The summed E-state index contributed by atoms with van der Waals surface area (Å²) in [4.78, 5) is 28.2. The van der Waals surface area contributed by atoms with Crippen molar-refractivity contribution in [2.75, 3.05) is 49.6 Å². The molecule has 2 aromatic carbocycles. The highest BCUT2D eigenvalue weighted by Crippen LogP contribution is 2.33. The van der Waals surface area contributed by atoms with Crippen molar-refractivity contribution in [1.29, 1.82) is 0 Å². The Bertz CT molecular complexity index is 1180. The second kappa shape index (κ2) is 13.4. The van der Waals surface area contributed by atoms with E-state index in [4.69, 9.17) is 16.3 Å². The van der Waals surface area contributed by atoms with Crippen molar-refractivity contribution in [2.45, 2.75) is 39.0 Å². The Morgan fingerprint density at radius 2 is 1.87 bits per heavy atom. The third-order valence-electron chi connectivity index (χ3n) is 6.26. The van der Waals surface area contributed by atoms with Gasteiger partial charge in [-0.25, -0.2) is 8.78 Å². The van der Waals surface area contributed by atoms with Crippen molar-refractivity contribution in [1.82, 2.24) is 10.2 Å². The molecule has 2 amide bonds. The molecule has 0 aliphatic carbocycles. The summed E-state index contributed by atoms with van der Waals surface area (Å²) in [5, 5.41) is 5.37. The van der Waals surface area contributed by atoms with Crippen LogP contribution in [0.4, 0.5) is 33.3 Å². The van der Waals surface area contributed by atoms with E-state index in [0.717, 1.165) is 6.07 Å². The monoisotopic (exact) mass is 576 g/mol. The van der Waals surface area contributed by atoms with Crippen molar-refractivity contribution >= 4 is 34.8 Å². The summed E-state index contributed by atoms with van der Waals surface area (Å²) in [6.45, 7) is 4.35. The number of nitrogens with one attached hydrogen (secondary N) is 2. The fourth-order valence-corrected chi connectivity index (χ4v) is 4.42. The molecule has 1 atom stereocenters. The van der Waals surface area contributed by atoms with Crippen LogP contribution in [0.1, 0.15) is 36.2 Å². The van der Waals surface area contributed by atoms with Crippen LogP contribution in [0.5, 0.6) is 0 Å². The lowest BCUT2D eigenvalue weighted by Crippen LogP contribution is -2.52. The molecule has 39 heavy (non-hydrogen) atoms. The molecular weight excluding hydrogens is 547 g/mol. The van der Waals surface area contributed by atoms with Gasteiger partial charge in [0, 0.05) is 56.0 Å². The maximum Gasteiger partial charge on any atom is 0.390 e. The molecule has 13 heteroatoms. The van der Waals surface area contributed by atoms with Gasteiger partial charge in [-0.05, 0) is 38.1 Å². The Kier molecular flexibility index (Phi) is 10.5. The van der Waals surface area contributed by atoms with Crippen LogP contribution in [0.25, 0.3) is 0 Å². The number of amides is 2. The van der Waals surface area contributed by atoms with Crippen LogP contribution in [-0.2, 0) is 16.1 Å². The van der Waals surface area contributed by atoms with E-state index in [-0.39, 0.29) is 37.0 Å². The average molecular weight is 577 g/mol. The molecular formula is C26H30ClF5N4O3. The number of carbonyl (C=O) groups is 2. The predicted octanol–water partition coefficient (Wildman–Crippen LogP) is 4.99. The molecule has 1 aliphatic heterocycles. The smallest absolute Gasteiger partial charge is 0.372 e. The number of benzene rings is 2. The second-order valence-electron chi connectivity index (χ2n) is 9.14. The van der Waals surface area contributed by atoms with Gasteiger partial charge < -0.3 is 20.3 Å². The van der Waals surface area contributed by atoms with Crippen LogP contribution >= 0.6 is 11.6 Å². The largest absolute Gasteiger partial charge is 0.390 e. The highest BCUT2D eigenvalue weighted by molar-refractivity contribution is 6.31. The van der Waals surface area contributed by atoms with E-state index >= 15 is 0 Å². The Labute approximate surface area is 228 Å². The van der Waals surface area contributed by atoms with Gasteiger partial charge >= 0.3 is 6.18 Å². The lowest BCUT2D eigenvalue weighted by molar-refractivity contribution is -0.138. The van der Waals surface area contributed by atoms with Crippen molar-refractivity contribution in [3.05, 3.63) is 58.1 Å². The molecule has 7 nitrogen and oxygen atoms in total. The minimum absolute atomic E-state index is 0.113. The summed E-state index contributed by atoms with van der Waals surface area (Å²) in [7, 11) is 0. The first-order valence-corrected chi connectivity index (χ1v) is 12.7. The van der Waals surface area contributed by atoms with E-state index in [0.29, 0.717) is 37.0 Å². The van der Waals surface area contributed by atoms with Crippen molar-refractivity contribution < 1.29 is 36.3 Å². The third-order valence-corrected chi connectivity index (χ3v) is 6.50. The zero-order valence-electron chi connectivity index (χ0n) is 21.5. The molecule has 0 radical (unpaired) electrons. The maximum atomic E-state index is 14.8. The Hall–Kier alpha value is -2.96. The van der Waals surface area contributed by atoms with Gasteiger partial charge in [0.05, 0.1) is 23.4 Å². The minimum Gasteiger partial charge on any atom is -0.372 e. The lowest BCUT2D eigenvalue weighted by atomic mass is 10.1. The molecule has 3 rings (SSSR count). The van der Waals surface area contributed by atoms with Crippen molar-refractivity contribution in [3.8, 4) is 0 Å². The van der Waals surface area contributed by atoms with Gasteiger partial charge in [-0.2, -0.15) is 13.2 Å². The Morgan fingerprint density at radius 3 is 2.54 bits per heavy atom. The molecule has 2 N–H and O–H groups in total. The average Bonchev–Trinajstić information content (AvgIpc) is 2.87. The quantitative estimate of drug-likeness (QED) is 0.390. The molecule has 0 aromatic heterocycles. The van der Waals surface area contributed by atoms with Crippen molar-refractivity contribution in [3.63, 3.8) is 0 Å². The number of hydrogen-bond acceptors (Lipinski definition) is 5. The van der Waals surface area contributed by atoms with Gasteiger partial charge in [0.2, 0.25) is 5.91 Å². The number of carbonyl (C=O) groups excluding carboxylic acids is 2. The number of piperazine rings is 1. The first kappa shape index (κ1) is 30.6. The molecule has 0 unspecified atom stereocenters. The van der Waals surface area contributed by atoms with Gasteiger partial charge in [-0.3, -0.25) is 14.5 Å². The second-order valence-corrected chi connectivity index (χ2v) is 9.57. The van der Waals surface area contributed by atoms with Crippen LogP contribution < -0.4 is 15.5 Å². The van der Waals surface area contributed by atoms with Gasteiger partial charge in [-0.1, -0.05) is 17.7 Å². The number of alkyl halides is 3. The predicted molar refractivity (Wildman–Crippen MR) is 138 cm³/mol. The normalized spacial score (nSPS) is 16.3. The van der Waals surface area contributed by atoms with Crippen LogP contribution in [0.3, 0.4) is 0 Å².